The summed E-state index contributed by atoms with van der Waals surface area (Å²) in [5.74, 6) is 0.141. The van der Waals surface area contributed by atoms with Gasteiger partial charge in [0.05, 0.1) is 11.2 Å². The van der Waals surface area contributed by atoms with Crippen molar-refractivity contribution in [3.8, 4) is 0 Å². The van der Waals surface area contributed by atoms with Crippen LogP contribution in [0.2, 0.25) is 5.02 Å². The minimum Gasteiger partial charge on any atom is -0.340 e. The molecular weight excluding hydrogens is 264 g/mol. The second kappa shape index (κ2) is 5.13. The molecule has 1 spiro atoms. The zero-order valence-electron chi connectivity index (χ0n) is 10.9. The van der Waals surface area contributed by atoms with Crippen molar-refractivity contribution in [3.05, 3.63) is 17.4 Å². The van der Waals surface area contributed by atoms with Crippen LogP contribution in [-0.2, 0) is 11.3 Å². The Labute approximate surface area is 117 Å². The molecule has 0 radical (unpaired) electrons. The van der Waals surface area contributed by atoms with Gasteiger partial charge in [-0.25, -0.2) is 0 Å². The first-order valence-corrected chi connectivity index (χ1v) is 7.21. The normalized spacial score (nSPS) is 27.1. The van der Waals surface area contributed by atoms with Gasteiger partial charge in [0.2, 0.25) is 5.91 Å². The van der Waals surface area contributed by atoms with Crippen LogP contribution in [0.4, 0.5) is 0 Å². The molecule has 5 nitrogen and oxygen atoms in total. The van der Waals surface area contributed by atoms with E-state index in [2.05, 4.69) is 10.4 Å². The lowest BCUT2D eigenvalue weighted by Gasteiger charge is -2.33. The quantitative estimate of drug-likeness (QED) is 0.885. The molecule has 3 heterocycles. The Morgan fingerprint density at radius 3 is 3.11 bits per heavy atom. The van der Waals surface area contributed by atoms with E-state index in [1.54, 1.807) is 17.1 Å². The van der Waals surface area contributed by atoms with E-state index < -0.39 is 0 Å². The van der Waals surface area contributed by atoms with Crippen molar-refractivity contribution in [3.63, 3.8) is 0 Å². The highest BCUT2D eigenvalue weighted by Crippen LogP contribution is 2.36. The SMILES string of the molecule is O=C(Cn1cc(Cl)cn1)N1CC[C@]2(CCCNC2)C1. The van der Waals surface area contributed by atoms with E-state index in [0.29, 0.717) is 10.4 Å². The van der Waals surface area contributed by atoms with Gasteiger partial charge in [-0.15, -0.1) is 0 Å². The Morgan fingerprint density at radius 1 is 1.53 bits per heavy atom. The molecule has 2 aliphatic rings. The fourth-order valence-corrected chi connectivity index (χ4v) is 3.35. The molecule has 0 aromatic carbocycles. The molecule has 1 aromatic rings. The second-order valence-electron chi connectivity index (χ2n) is 5.70. The molecule has 0 aliphatic carbocycles. The van der Waals surface area contributed by atoms with Gasteiger partial charge in [0.15, 0.2) is 0 Å². The highest BCUT2D eigenvalue weighted by molar-refractivity contribution is 6.30. The van der Waals surface area contributed by atoms with Crippen LogP contribution < -0.4 is 5.32 Å². The van der Waals surface area contributed by atoms with Crippen molar-refractivity contribution in [1.29, 1.82) is 0 Å². The lowest BCUT2D eigenvalue weighted by Crippen LogP contribution is -2.43. The highest BCUT2D eigenvalue weighted by Gasteiger charge is 2.40. The molecule has 1 amide bonds. The predicted octanol–water partition coefficient (Wildman–Crippen LogP) is 1.14. The summed E-state index contributed by atoms with van der Waals surface area (Å²) in [6, 6.07) is 0. The lowest BCUT2D eigenvalue weighted by molar-refractivity contribution is -0.131. The third-order valence-corrected chi connectivity index (χ3v) is 4.45. The molecule has 2 fully saturated rings. The number of piperidine rings is 1. The van der Waals surface area contributed by atoms with E-state index in [0.717, 1.165) is 32.6 Å². The van der Waals surface area contributed by atoms with Gasteiger partial charge in [0.25, 0.3) is 0 Å². The van der Waals surface area contributed by atoms with Crippen molar-refractivity contribution in [1.82, 2.24) is 20.0 Å². The van der Waals surface area contributed by atoms with Gasteiger partial charge in [-0.2, -0.15) is 5.10 Å². The molecule has 0 unspecified atom stereocenters. The molecule has 19 heavy (non-hydrogen) atoms. The molecule has 1 N–H and O–H groups in total. The van der Waals surface area contributed by atoms with Crippen molar-refractivity contribution in [2.45, 2.75) is 25.8 Å². The zero-order valence-corrected chi connectivity index (χ0v) is 11.7. The van der Waals surface area contributed by atoms with Gasteiger partial charge < -0.3 is 10.2 Å². The Kier molecular flexibility index (Phi) is 3.50. The average Bonchev–Trinajstić information content (AvgIpc) is 2.98. The van der Waals surface area contributed by atoms with Crippen LogP contribution in [0.15, 0.2) is 12.4 Å². The van der Waals surface area contributed by atoms with Gasteiger partial charge >= 0.3 is 0 Å². The minimum atomic E-state index is 0.141. The molecule has 104 valence electrons. The maximum absolute atomic E-state index is 12.3. The van der Waals surface area contributed by atoms with Crippen LogP contribution in [0.1, 0.15) is 19.3 Å². The summed E-state index contributed by atoms with van der Waals surface area (Å²) < 4.78 is 1.61. The number of nitrogens with one attached hydrogen (secondary N) is 1. The van der Waals surface area contributed by atoms with E-state index in [1.165, 1.54) is 12.8 Å². The number of amides is 1. The average molecular weight is 283 g/mol. The van der Waals surface area contributed by atoms with Crippen LogP contribution in [0.3, 0.4) is 0 Å². The van der Waals surface area contributed by atoms with E-state index in [1.807, 2.05) is 4.90 Å². The fourth-order valence-electron chi connectivity index (χ4n) is 3.19. The van der Waals surface area contributed by atoms with Gasteiger partial charge in [0.1, 0.15) is 6.54 Å². The topological polar surface area (TPSA) is 50.2 Å². The number of likely N-dealkylation sites (tertiary alicyclic amines) is 1. The standard InChI is InChI=1S/C13H19ClN4O/c14-11-6-16-18(7-11)8-12(19)17-5-3-13(10-17)2-1-4-15-9-13/h6-7,15H,1-5,8-10H2/t13-/m0/s1. The summed E-state index contributed by atoms with van der Waals surface area (Å²) >= 11 is 5.80. The van der Waals surface area contributed by atoms with Crippen LogP contribution >= 0.6 is 11.6 Å². The van der Waals surface area contributed by atoms with Crippen LogP contribution in [0.5, 0.6) is 0 Å². The Hall–Kier alpha value is -1.07. The monoisotopic (exact) mass is 282 g/mol. The van der Waals surface area contributed by atoms with E-state index in [9.17, 15) is 4.79 Å². The number of halogens is 1. The fraction of sp³-hybridized carbons (Fsp3) is 0.692. The first-order valence-electron chi connectivity index (χ1n) is 6.83. The maximum atomic E-state index is 12.3. The third kappa shape index (κ3) is 2.77. The third-order valence-electron chi connectivity index (χ3n) is 4.25. The lowest BCUT2D eigenvalue weighted by atomic mass is 9.80. The number of hydrogen-bond acceptors (Lipinski definition) is 3. The second-order valence-corrected chi connectivity index (χ2v) is 6.14. The number of nitrogens with zero attached hydrogens (tertiary/aromatic N) is 3. The molecule has 2 saturated heterocycles. The summed E-state index contributed by atoms with van der Waals surface area (Å²) in [6.07, 6.45) is 6.82. The Morgan fingerprint density at radius 2 is 2.42 bits per heavy atom. The van der Waals surface area contributed by atoms with Crippen LogP contribution in [0.25, 0.3) is 0 Å². The van der Waals surface area contributed by atoms with E-state index >= 15 is 0 Å². The van der Waals surface area contributed by atoms with Crippen LogP contribution in [0, 0.1) is 5.41 Å². The Bertz CT molecular complexity index is 467. The largest absolute Gasteiger partial charge is 0.340 e. The molecule has 2 aliphatic heterocycles. The first kappa shape index (κ1) is 12.9. The molecular formula is C13H19ClN4O. The summed E-state index contributed by atoms with van der Waals surface area (Å²) in [6.45, 7) is 4.20. The van der Waals surface area contributed by atoms with Gasteiger partial charge in [0, 0.05) is 31.2 Å². The zero-order chi connectivity index (χ0) is 13.3. The number of carbonyl (C=O) groups is 1. The Balaban J connectivity index is 1.59. The number of carbonyl (C=O) groups excluding carboxylic acids is 1. The summed E-state index contributed by atoms with van der Waals surface area (Å²) in [5, 5.41) is 8.08. The molecule has 3 rings (SSSR count). The van der Waals surface area contributed by atoms with E-state index in [4.69, 9.17) is 11.6 Å². The minimum absolute atomic E-state index is 0.141. The van der Waals surface area contributed by atoms with Crippen molar-refractivity contribution < 1.29 is 4.79 Å². The molecule has 1 aromatic heterocycles. The van der Waals surface area contributed by atoms with Crippen molar-refractivity contribution in [2.24, 2.45) is 5.41 Å². The smallest absolute Gasteiger partial charge is 0.244 e. The summed E-state index contributed by atoms with van der Waals surface area (Å²) in [4.78, 5) is 14.2. The molecule has 0 saturated carbocycles. The van der Waals surface area contributed by atoms with Gasteiger partial charge in [-0.3, -0.25) is 9.48 Å². The summed E-state index contributed by atoms with van der Waals surface area (Å²) in [7, 11) is 0. The maximum Gasteiger partial charge on any atom is 0.244 e. The predicted molar refractivity (Wildman–Crippen MR) is 73.0 cm³/mol. The molecule has 6 heteroatoms. The molecule has 1 atom stereocenters. The van der Waals surface area contributed by atoms with Crippen LogP contribution in [-0.4, -0.2) is 46.8 Å². The summed E-state index contributed by atoms with van der Waals surface area (Å²) in [5.41, 5.74) is 0.315. The van der Waals surface area contributed by atoms with Crippen molar-refractivity contribution >= 4 is 17.5 Å². The number of rotatable bonds is 2. The van der Waals surface area contributed by atoms with Gasteiger partial charge in [-0.05, 0) is 25.8 Å². The first-order chi connectivity index (χ1) is 9.17. The van der Waals surface area contributed by atoms with Crippen molar-refractivity contribution in [2.75, 3.05) is 26.2 Å². The molecule has 0 bridgehead atoms. The number of aromatic nitrogens is 2. The van der Waals surface area contributed by atoms with E-state index in [-0.39, 0.29) is 12.5 Å². The number of hydrogen-bond donors (Lipinski definition) is 1. The van der Waals surface area contributed by atoms with Gasteiger partial charge in [-0.1, -0.05) is 11.6 Å². The highest BCUT2D eigenvalue weighted by atomic mass is 35.5.